The summed E-state index contributed by atoms with van der Waals surface area (Å²) in [6.45, 7) is 2.92. The van der Waals surface area contributed by atoms with E-state index in [1.54, 1.807) is 12.3 Å². The van der Waals surface area contributed by atoms with Gasteiger partial charge in [0, 0.05) is 49.3 Å². The summed E-state index contributed by atoms with van der Waals surface area (Å²) in [4.78, 5) is 21.1. The van der Waals surface area contributed by atoms with E-state index in [1.165, 1.54) is 12.0 Å². The van der Waals surface area contributed by atoms with Crippen molar-refractivity contribution in [2.45, 2.75) is 25.7 Å². The number of amides is 1. The molecule has 1 amide bonds. The van der Waals surface area contributed by atoms with Gasteiger partial charge >= 0.3 is 0 Å². The predicted octanol–water partition coefficient (Wildman–Crippen LogP) is 3.99. The number of ether oxygens (including phenoxy) is 1. The number of carbonyl (C=O) groups is 1. The molecule has 0 atom stereocenters. The lowest BCUT2D eigenvalue weighted by molar-refractivity contribution is -0.133. The average Bonchev–Trinajstić information content (AvgIpc) is 2.74. The van der Waals surface area contributed by atoms with Crippen LogP contribution in [0.1, 0.15) is 24.1 Å². The SMILES string of the molecule is O=C(COc1ccnc2c1CCCC2)N1CCN(c2ccc(Cl)c(Cl)c2)CC1. The monoisotopic (exact) mass is 419 g/mol. The number of hydrogen-bond donors (Lipinski definition) is 0. The second-order valence-electron chi connectivity index (χ2n) is 7.20. The molecular formula is C21H23Cl2N3O2. The maximum atomic E-state index is 12.6. The molecule has 1 aliphatic heterocycles. The number of rotatable bonds is 4. The minimum Gasteiger partial charge on any atom is -0.483 e. The smallest absolute Gasteiger partial charge is 0.260 e. The van der Waals surface area contributed by atoms with Crippen molar-refractivity contribution in [2.24, 2.45) is 0 Å². The average molecular weight is 420 g/mol. The fourth-order valence-electron chi connectivity index (χ4n) is 3.85. The molecule has 0 N–H and O–H groups in total. The molecule has 0 bridgehead atoms. The van der Waals surface area contributed by atoms with Crippen molar-refractivity contribution in [2.75, 3.05) is 37.7 Å². The Morgan fingerprint density at radius 3 is 2.61 bits per heavy atom. The number of piperazine rings is 1. The molecule has 0 saturated carbocycles. The van der Waals surface area contributed by atoms with E-state index in [2.05, 4.69) is 9.88 Å². The lowest BCUT2D eigenvalue weighted by Gasteiger charge is -2.36. The van der Waals surface area contributed by atoms with Gasteiger partial charge in [0.1, 0.15) is 5.75 Å². The molecule has 4 rings (SSSR count). The first kappa shape index (κ1) is 19.3. The van der Waals surface area contributed by atoms with Crippen LogP contribution in [-0.4, -0.2) is 48.6 Å². The van der Waals surface area contributed by atoms with Gasteiger partial charge in [0.05, 0.1) is 10.0 Å². The highest BCUT2D eigenvalue weighted by Crippen LogP contribution is 2.29. The Bertz CT molecular complexity index is 867. The van der Waals surface area contributed by atoms with E-state index in [1.807, 2.05) is 23.1 Å². The fraction of sp³-hybridized carbons (Fsp3) is 0.429. The standard InChI is InChI=1S/C21H23Cl2N3O2/c22-17-6-5-15(13-18(17)23)25-9-11-26(12-10-25)21(27)14-28-20-7-8-24-19-4-2-1-3-16(19)20/h5-8,13H,1-4,9-12,14H2. The highest BCUT2D eigenvalue weighted by Gasteiger charge is 2.23. The van der Waals surface area contributed by atoms with Gasteiger partial charge in [-0.3, -0.25) is 9.78 Å². The summed E-state index contributed by atoms with van der Waals surface area (Å²) in [5, 5.41) is 1.10. The predicted molar refractivity (Wildman–Crippen MR) is 112 cm³/mol. The van der Waals surface area contributed by atoms with Crippen molar-refractivity contribution < 1.29 is 9.53 Å². The third-order valence-electron chi connectivity index (χ3n) is 5.44. The number of hydrogen-bond acceptors (Lipinski definition) is 4. The largest absolute Gasteiger partial charge is 0.483 e. The van der Waals surface area contributed by atoms with Crippen LogP contribution in [0.3, 0.4) is 0 Å². The van der Waals surface area contributed by atoms with Crippen molar-refractivity contribution in [1.82, 2.24) is 9.88 Å². The Labute approximate surface area is 175 Å². The quantitative estimate of drug-likeness (QED) is 0.751. The number of aromatic nitrogens is 1. The summed E-state index contributed by atoms with van der Waals surface area (Å²) in [6, 6.07) is 7.51. The van der Waals surface area contributed by atoms with E-state index >= 15 is 0 Å². The molecule has 5 nitrogen and oxygen atoms in total. The third kappa shape index (κ3) is 4.20. The summed E-state index contributed by atoms with van der Waals surface area (Å²) >= 11 is 12.1. The minimum atomic E-state index is 0.0233. The second kappa shape index (κ2) is 8.58. The van der Waals surface area contributed by atoms with Gasteiger partial charge in [0.25, 0.3) is 5.91 Å². The molecular weight excluding hydrogens is 397 g/mol. The zero-order valence-corrected chi connectivity index (χ0v) is 17.2. The summed E-state index contributed by atoms with van der Waals surface area (Å²) < 4.78 is 5.88. The number of anilines is 1. The summed E-state index contributed by atoms with van der Waals surface area (Å²) in [6.07, 6.45) is 6.08. The van der Waals surface area contributed by atoms with Gasteiger partial charge in [-0.1, -0.05) is 23.2 Å². The van der Waals surface area contributed by atoms with E-state index < -0.39 is 0 Å². The van der Waals surface area contributed by atoms with Crippen molar-refractivity contribution in [1.29, 1.82) is 0 Å². The fourth-order valence-corrected chi connectivity index (χ4v) is 4.15. The highest BCUT2D eigenvalue weighted by molar-refractivity contribution is 6.42. The first-order valence-corrected chi connectivity index (χ1v) is 10.4. The van der Waals surface area contributed by atoms with Crippen molar-refractivity contribution in [3.8, 4) is 5.75 Å². The van der Waals surface area contributed by atoms with Crippen LogP contribution in [0.2, 0.25) is 10.0 Å². The van der Waals surface area contributed by atoms with E-state index in [4.69, 9.17) is 27.9 Å². The van der Waals surface area contributed by atoms with Crippen LogP contribution in [0.25, 0.3) is 0 Å². The zero-order chi connectivity index (χ0) is 19.5. The Kier molecular flexibility index (Phi) is 5.93. The van der Waals surface area contributed by atoms with Gasteiger partial charge in [0.15, 0.2) is 6.61 Å². The van der Waals surface area contributed by atoms with Crippen molar-refractivity contribution in [3.05, 3.63) is 51.8 Å². The van der Waals surface area contributed by atoms with Crippen LogP contribution in [0, 0.1) is 0 Å². The topological polar surface area (TPSA) is 45.7 Å². The number of fused-ring (bicyclic) bond motifs is 1. The van der Waals surface area contributed by atoms with E-state index in [-0.39, 0.29) is 12.5 Å². The van der Waals surface area contributed by atoms with Crippen molar-refractivity contribution in [3.63, 3.8) is 0 Å². The number of aryl methyl sites for hydroxylation is 1. The van der Waals surface area contributed by atoms with Gasteiger partial charge in [-0.15, -0.1) is 0 Å². The van der Waals surface area contributed by atoms with Crippen LogP contribution >= 0.6 is 23.2 Å². The van der Waals surface area contributed by atoms with Gasteiger partial charge in [-0.25, -0.2) is 0 Å². The van der Waals surface area contributed by atoms with E-state index in [0.717, 1.165) is 49.5 Å². The van der Waals surface area contributed by atoms with Crippen LogP contribution in [-0.2, 0) is 17.6 Å². The lowest BCUT2D eigenvalue weighted by Crippen LogP contribution is -2.50. The van der Waals surface area contributed by atoms with Gasteiger partial charge in [0.2, 0.25) is 0 Å². The molecule has 2 aliphatic rings. The molecule has 0 unspecified atom stereocenters. The number of pyridine rings is 1. The van der Waals surface area contributed by atoms with Crippen LogP contribution in [0.15, 0.2) is 30.5 Å². The number of halogens is 2. The van der Waals surface area contributed by atoms with Crippen LogP contribution in [0.4, 0.5) is 5.69 Å². The number of benzene rings is 1. The lowest BCUT2D eigenvalue weighted by atomic mass is 9.95. The molecule has 2 heterocycles. The molecule has 0 radical (unpaired) electrons. The molecule has 1 aromatic carbocycles. The molecule has 7 heteroatoms. The maximum absolute atomic E-state index is 12.6. The Morgan fingerprint density at radius 2 is 1.82 bits per heavy atom. The Hall–Kier alpha value is -1.98. The second-order valence-corrected chi connectivity index (χ2v) is 8.01. The number of nitrogens with zero attached hydrogens (tertiary/aromatic N) is 3. The maximum Gasteiger partial charge on any atom is 0.260 e. The first-order chi connectivity index (χ1) is 13.6. The molecule has 1 aromatic heterocycles. The molecule has 1 aliphatic carbocycles. The van der Waals surface area contributed by atoms with E-state index in [0.29, 0.717) is 23.1 Å². The first-order valence-electron chi connectivity index (χ1n) is 9.69. The Balaban J connectivity index is 1.31. The molecule has 28 heavy (non-hydrogen) atoms. The van der Waals surface area contributed by atoms with Gasteiger partial charge < -0.3 is 14.5 Å². The molecule has 148 valence electrons. The zero-order valence-electron chi connectivity index (χ0n) is 15.7. The summed E-state index contributed by atoms with van der Waals surface area (Å²) in [7, 11) is 0. The van der Waals surface area contributed by atoms with Crippen LogP contribution in [0.5, 0.6) is 5.75 Å². The van der Waals surface area contributed by atoms with E-state index in [9.17, 15) is 4.79 Å². The van der Waals surface area contributed by atoms with Crippen molar-refractivity contribution >= 4 is 34.8 Å². The third-order valence-corrected chi connectivity index (χ3v) is 6.18. The molecule has 1 fully saturated rings. The molecule has 1 saturated heterocycles. The summed E-state index contributed by atoms with van der Waals surface area (Å²) in [5.41, 5.74) is 3.32. The van der Waals surface area contributed by atoms with Gasteiger partial charge in [-0.2, -0.15) is 0 Å². The minimum absolute atomic E-state index is 0.0233. The number of carbonyl (C=O) groups excluding carboxylic acids is 1. The molecule has 0 spiro atoms. The highest BCUT2D eigenvalue weighted by atomic mass is 35.5. The summed E-state index contributed by atoms with van der Waals surface area (Å²) in [5.74, 6) is 0.836. The van der Waals surface area contributed by atoms with Crippen LogP contribution < -0.4 is 9.64 Å². The Morgan fingerprint density at radius 1 is 1.04 bits per heavy atom. The normalized spacial score (nSPS) is 16.6. The molecule has 2 aromatic rings. The van der Waals surface area contributed by atoms with Gasteiger partial charge in [-0.05, 0) is 49.9 Å².